The van der Waals surface area contributed by atoms with Crippen LogP contribution < -0.4 is 14.5 Å². The molecule has 5 rings (SSSR count). The van der Waals surface area contributed by atoms with Gasteiger partial charge in [0.15, 0.2) is 5.75 Å². The number of pyridine rings is 1. The minimum Gasteiger partial charge on any atom is -0.450 e. The predicted octanol–water partition coefficient (Wildman–Crippen LogP) is 5.51. The van der Waals surface area contributed by atoms with Crippen molar-refractivity contribution in [1.82, 2.24) is 0 Å². The molecule has 0 bridgehead atoms. The van der Waals surface area contributed by atoms with Crippen LogP contribution in [-0.4, -0.2) is 8.07 Å². The second kappa shape index (κ2) is 5.18. The van der Waals surface area contributed by atoms with Crippen LogP contribution in [0.1, 0.15) is 5.56 Å². The molecule has 1 aliphatic rings. The van der Waals surface area contributed by atoms with Crippen molar-refractivity contribution in [2.45, 2.75) is 26.6 Å². The Kier molecular flexibility index (Phi) is 3.19. The first kappa shape index (κ1) is 16.0. The number of hydrogen-bond donors (Lipinski definition) is 0. The maximum Gasteiger partial charge on any atom is 0.269 e. The summed E-state index contributed by atoms with van der Waals surface area (Å²) >= 11 is 1.82. The number of fused-ring (bicyclic) bond motifs is 3. The van der Waals surface area contributed by atoms with Crippen LogP contribution in [0, 0.1) is 6.92 Å². The highest BCUT2D eigenvalue weighted by molar-refractivity contribution is 7.16. The van der Waals surface area contributed by atoms with E-state index in [1.807, 2.05) is 11.3 Å². The second-order valence-electron chi connectivity index (χ2n) is 8.21. The van der Waals surface area contributed by atoms with Gasteiger partial charge in [-0.3, -0.25) is 0 Å². The molecule has 130 valence electrons. The molecule has 26 heavy (non-hydrogen) atoms. The van der Waals surface area contributed by atoms with E-state index >= 15 is 0 Å². The van der Waals surface area contributed by atoms with Crippen molar-refractivity contribution in [3.05, 3.63) is 47.3 Å². The van der Waals surface area contributed by atoms with Crippen molar-refractivity contribution >= 4 is 45.6 Å². The topological polar surface area (TPSA) is 13.1 Å². The molecule has 1 aliphatic heterocycles. The summed E-state index contributed by atoms with van der Waals surface area (Å²) in [6.07, 6.45) is 0. The van der Waals surface area contributed by atoms with E-state index in [-0.39, 0.29) is 0 Å². The van der Waals surface area contributed by atoms with Crippen LogP contribution in [0.3, 0.4) is 0 Å². The molecule has 4 aromatic rings. The third kappa shape index (κ3) is 2.00. The summed E-state index contributed by atoms with van der Waals surface area (Å²) in [6, 6.07) is 13.1. The van der Waals surface area contributed by atoms with Crippen molar-refractivity contribution in [2.75, 3.05) is 0 Å². The highest BCUT2D eigenvalue weighted by Crippen LogP contribution is 2.47. The normalized spacial score (nSPS) is 13.1. The van der Waals surface area contributed by atoms with Crippen molar-refractivity contribution in [2.24, 2.45) is 7.05 Å². The van der Waals surface area contributed by atoms with Gasteiger partial charge in [0.05, 0.1) is 19.0 Å². The summed E-state index contributed by atoms with van der Waals surface area (Å²) in [6.45, 7) is 9.46. The zero-order valence-electron chi connectivity index (χ0n) is 15.8. The summed E-state index contributed by atoms with van der Waals surface area (Å²) in [7, 11) is 0.565. The van der Waals surface area contributed by atoms with Crippen LogP contribution in [0.4, 0.5) is 0 Å². The number of benzene rings is 2. The Morgan fingerprint density at radius 1 is 1.04 bits per heavy atom. The van der Waals surface area contributed by atoms with Crippen molar-refractivity contribution in [3.8, 4) is 22.8 Å². The summed E-state index contributed by atoms with van der Waals surface area (Å²) in [5, 5.41) is 7.50. The fraction of sp³-hybridized carbons (Fsp3) is 0.227. The van der Waals surface area contributed by atoms with Crippen LogP contribution in [0.2, 0.25) is 19.6 Å². The van der Waals surface area contributed by atoms with E-state index in [1.54, 1.807) is 0 Å². The second-order valence-corrected chi connectivity index (χ2v) is 14.1. The third-order valence-corrected chi connectivity index (χ3v) is 8.40. The predicted molar refractivity (Wildman–Crippen MR) is 114 cm³/mol. The van der Waals surface area contributed by atoms with Crippen LogP contribution in [0.15, 0.2) is 41.8 Å². The molecule has 0 aliphatic carbocycles. The Labute approximate surface area is 158 Å². The van der Waals surface area contributed by atoms with E-state index in [2.05, 4.69) is 80.0 Å². The molecule has 0 amide bonds. The molecule has 3 heterocycles. The van der Waals surface area contributed by atoms with Crippen LogP contribution in [0.5, 0.6) is 11.5 Å². The summed E-state index contributed by atoms with van der Waals surface area (Å²) in [5.41, 5.74) is 3.87. The molecule has 0 spiro atoms. The molecule has 0 fully saturated rings. The molecule has 0 atom stereocenters. The number of ether oxygens (including phenoxy) is 1. The minimum absolute atomic E-state index is 0.989. The molecule has 2 nitrogen and oxygen atoms in total. The fourth-order valence-corrected chi connectivity index (χ4v) is 7.15. The Morgan fingerprint density at radius 3 is 2.62 bits per heavy atom. The highest BCUT2D eigenvalue weighted by atomic mass is 32.1. The van der Waals surface area contributed by atoms with Gasteiger partial charge in [0.25, 0.3) is 10.5 Å². The van der Waals surface area contributed by atoms with Gasteiger partial charge >= 0.3 is 0 Å². The Morgan fingerprint density at radius 2 is 1.85 bits per heavy atom. The van der Waals surface area contributed by atoms with Gasteiger partial charge in [0, 0.05) is 10.6 Å². The molecule has 0 radical (unpaired) electrons. The van der Waals surface area contributed by atoms with Gasteiger partial charge in [-0.25, -0.2) is 0 Å². The number of aromatic nitrogens is 1. The van der Waals surface area contributed by atoms with Crippen LogP contribution in [0.25, 0.3) is 32.2 Å². The maximum absolute atomic E-state index is 6.64. The van der Waals surface area contributed by atoms with E-state index in [1.165, 1.54) is 43.0 Å². The molecule has 4 heteroatoms. The third-order valence-electron chi connectivity index (χ3n) is 5.41. The summed E-state index contributed by atoms with van der Waals surface area (Å²) in [4.78, 5) is 1.33. The van der Waals surface area contributed by atoms with E-state index < -0.39 is 8.07 Å². The first-order valence-corrected chi connectivity index (χ1v) is 13.4. The van der Waals surface area contributed by atoms with Gasteiger partial charge in [0.2, 0.25) is 0 Å². The molecular formula is C22H22NOSSi+. The molecule has 2 aromatic heterocycles. The number of aryl methyl sites for hydroxylation is 2. The average molecular weight is 377 g/mol. The number of nitrogens with zero attached hydrogens (tertiary/aromatic N) is 1. The lowest BCUT2D eigenvalue weighted by molar-refractivity contribution is -0.631. The molecular weight excluding hydrogens is 354 g/mol. The van der Waals surface area contributed by atoms with Gasteiger partial charge in [-0.1, -0.05) is 55.2 Å². The Bertz CT molecular complexity index is 1220. The lowest BCUT2D eigenvalue weighted by Gasteiger charge is -2.27. The lowest BCUT2D eigenvalue weighted by Crippen LogP contribution is -2.44. The first-order valence-electron chi connectivity index (χ1n) is 9.02. The zero-order valence-corrected chi connectivity index (χ0v) is 17.6. The van der Waals surface area contributed by atoms with Crippen molar-refractivity contribution in [1.29, 1.82) is 0 Å². The Balaban J connectivity index is 2.06. The molecule has 2 aromatic carbocycles. The standard InChI is InChI=1S/C22H22NOSSi/c1-13-9-10-14-7-6-8-16-18(14)17(13)19-20(24-16)21(26(3,4)5)15-11-12-25-22(15)23(19)2/h6-12H,1-5H3/q+1. The molecule has 0 N–H and O–H groups in total. The van der Waals surface area contributed by atoms with Gasteiger partial charge < -0.3 is 4.74 Å². The number of rotatable bonds is 1. The minimum atomic E-state index is -1.62. The summed E-state index contributed by atoms with van der Waals surface area (Å²) < 4.78 is 8.98. The van der Waals surface area contributed by atoms with Crippen LogP contribution in [-0.2, 0) is 7.05 Å². The number of thiophene rings is 1. The van der Waals surface area contributed by atoms with E-state index in [0.29, 0.717) is 0 Å². The zero-order chi connectivity index (χ0) is 18.2. The average Bonchev–Trinajstić information content (AvgIpc) is 3.05. The van der Waals surface area contributed by atoms with Gasteiger partial charge in [-0.2, -0.15) is 4.57 Å². The summed E-state index contributed by atoms with van der Waals surface area (Å²) in [5.74, 6) is 2.06. The molecule has 0 saturated heterocycles. The van der Waals surface area contributed by atoms with Gasteiger partial charge in [-0.15, -0.1) is 0 Å². The van der Waals surface area contributed by atoms with Crippen molar-refractivity contribution in [3.63, 3.8) is 0 Å². The van der Waals surface area contributed by atoms with Crippen molar-refractivity contribution < 1.29 is 9.30 Å². The monoisotopic (exact) mass is 376 g/mol. The quantitative estimate of drug-likeness (QED) is 0.278. The SMILES string of the molecule is Cc1ccc2cccc3c2c1-c1c(c([Si](C)(C)C)c2ccsc2[n+]1C)O3. The van der Waals surface area contributed by atoms with E-state index in [9.17, 15) is 0 Å². The lowest BCUT2D eigenvalue weighted by atomic mass is 9.93. The highest BCUT2D eigenvalue weighted by Gasteiger charge is 2.38. The van der Waals surface area contributed by atoms with E-state index in [0.717, 1.165) is 11.5 Å². The molecule has 0 saturated carbocycles. The smallest absolute Gasteiger partial charge is 0.269 e. The first-order chi connectivity index (χ1) is 12.4. The van der Waals surface area contributed by atoms with Gasteiger partial charge in [0.1, 0.15) is 12.8 Å². The largest absolute Gasteiger partial charge is 0.450 e. The fourth-order valence-electron chi connectivity index (χ4n) is 4.32. The Hall–Kier alpha value is -2.17. The van der Waals surface area contributed by atoms with Gasteiger partial charge in [-0.05, 0) is 35.4 Å². The van der Waals surface area contributed by atoms with Crippen LogP contribution >= 0.6 is 11.3 Å². The van der Waals surface area contributed by atoms with E-state index in [4.69, 9.17) is 4.74 Å². The molecule has 0 unspecified atom stereocenters. The maximum atomic E-state index is 6.64. The number of hydrogen-bond acceptors (Lipinski definition) is 2.